The average Bonchev–Trinajstić information content (AvgIpc) is 2.33. The van der Waals surface area contributed by atoms with E-state index in [0.717, 1.165) is 5.71 Å². The average molecular weight is 157 g/mol. The van der Waals surface area contributed by atoms with E-state index in [4.69, 9.17) is 5.11 Å². The van der Waals surface area contributed by atoms with Gasteiger partial charge in [0.05, 0.1) is 5.71 Å². The van der Waals surface area contributed by atoms with E-state index in [9.17, 15) is 4.79 Å². The topological polar surface area (TPSA) is 58.9 Å². The quantitative estimate of drug-likeness (QED) is 0.647. The molecule has 0 aromatic carbocycles. The number of carbonyl (C=O) groups is 1. The van der Waals surface area contributed by atoms with Crippen molar-refractivity contribution in [1.82, 2.24) is 0 Å². The Kier molecular flexibility index (Phi) is 2.12. The molecule has 4 nitrogen and oxygen atoms in total. The van der Waals surface area contributed by atoms with Gasteiger partial charge in [-0.15, -0.1) is 0 Å². The second kappa shape index (κ2) is 2.90. The molecule has 1 rings (SSSR count). The van der Waals surface area contributed by atoms with Gasteiger partial charge in [-0.25, -0.2) is 4.79 Å². The van der Waals surface area contributed by atoms with Gasteiger partial charge in [-0.2, -0.15) is 0 Å². The van der Waals surface area contributed by atoms with Crippen molar-refractivity contribution in [3.05, 3.63) is 0 Å². The lowest BCUT2D eigenvalue weighted by molar-refractivity contribution is -0.148. The van der Waals surface area contributed by atoms with Crippen molar-refractivity contribution < 1.29 is 14.7 Å². The van der Waals surface area contributed by atoms with Crippen molar-refractivity contribution in [2.75, 3.05) is 0 Å². The molecule has 1 aliphatic rings. The van der Waals surface area contributed by atoms with Crippen LogP contribution in [0.2, 0.25) is 0 Å². The minimum Gasteiger partial charge on any atom is -0.478 e. The summed E-state index contributed by atoms with van der Waals surface area (Å²) in [6.07, 6.45) is -0.333. The lowest BCUT2D eigenvalue weighted by Crippen LogP contribution is -2.20. The Morgan fingerprint density at radius 2 is 2.45 bits per heavy atom. The van der Waals surface area contributed by atoms with Gasteiger partial charge < -0.3 is 9.94 Å². The maximum Gasteiger partial charge on any atom is 0.348 e. The number of hydrogen-bond donors (Lipinski definition) is 1. The summed E-state index contributed by atoms with van der Waals surface area (Å²) in [6.45, 7) is 3.93. The van der Waals surface area contributed by atoms with Crippen LogP contribution >= 0.6 is 0 Å². The van der Waals surface area contributed by atoms with E-state index < -0.39 is 12.1 Å². The molecule has 1 N–H and O–H groups in total. The Labute approximate surface area is 64.8 Å². The highest BCUT2D eigenvalue weighted by atomic mass is 16.7. The molecule has 1 atom stereocenters. The van der Waals surface area contributed by atoms with Gasteiger partial charge in [-0.3, -0.25) is 0 Å². The van der Waals surface area contributed by atoms with E-state index in [1.807, 2.05) is 13.8 Å². The van der Waals surface area contributed by atoms with Gasteiger partial charge in [0.2, 0.25) is 6.10 Å². The Hall–Kier alpha value is -1.06. The van der Waals surface area contributed by atoms with Gasteiger partial charge in [0, 0.05) is 6.42 Å². The van der Waals surface area contributed by atoms with Gasteiger partial charge >= 0.3 is 5.97 Å². The molecule has 1 heterocycles. The van der Waals surface area contributed by atoms with Crippen molar-refractivity contribution in [2.45, 2.75) is 26.4 Å². The summed E-state index contributed by atoms with van der Waals surface area (Å²) in [4.78, 5) is 15.0. The molecule has 0 aromatic rings. The molecule has 62 valence electrons. The SMILES string of the molecule is CC(C)C1=NOC(C(=O)O)C1. The zero-order valence-electron chi connectivity index (χ0n) is 6.57. The first-order valence-electron chi connectivity index (χ1n) is 3.56. The van der Waals surface area contributed by atoms with Crippen LogP contribution in [-0.2, 0) is 9.63 Å². The van der Waals surface area contributed by atoms with Crippen LogP contribution in [-0.4, -0.2) is 22.9 Å². The van der Waals surface area contributed by atoms with Gasteiger partial charge in [0.25, 0.3) is 0 Å². The molecule has 1 unspecified atom stereocenters. The van der Waals surface area contributed by atoms with E-state index in [-0.39, 0.29) is 5.92 Å². The fourth-order valence-corrected chi connectivity index (χ4v) is 0.869. The fourth-order valence-electron chi connectivity index (χ4n) is 0.869. The predicted molar refractivity (Wildman–Crippen MR) is 39.4 cm³/mol. The summed E-state index contributed by atoms with van der Waals surface area (Å²) in [5, 5.41) is 12.2. The Morgan fingerprint density at radius 1 is 1.82 bits per heavy atom. The largest absolute Gasteiger partial charge is 0.478 e. The molecule has 0 bridgehead atoms. The highest BCUT2D eigenvalue weighted by Crippen LogP contribution is 2.15. The van der Waals surface area contributed by atoms with Crippen molar-refractivity contribution in [1.29, 1.82) is 0 Å². The number of rotatable bonds is 2. The first-order chi connectivity index (χ1) is 5.11. The Bertz CT molecular complexity index is 198. The van der Waals surface area contributed by atoms with Crippen LogP contribution < -0.4 is 0 Å². The molecule has 0 amide bonds. The molecule has 11 heavy (non-hydrogen) atoms. The zero-order chi connectivity index (χ0) is 8.43. The van der Waals surface area contributed by atoms with Crippen molar-refractivity contribution in [3.63, 3.8) is 0 Å². The van der Waals surface area contributed by atoms with Crippen molar-refractivity contribution >= 4 is 11.7 Å². The molecular formula is C7H11NO3. The first-order valence-corrected chi connectivity index (χ1v) is 3.56. The van der Waals surface area contributed by atoms with Crippen LogP contribution in [0.4, 0.5) is 0 Å². The Morgan fingerprint density at radius 3 is 2.73 bits per heavy atom. The lowest BCUT2D eigenvalue weighted by atomic mass is 10.0. The van der Waals surface area contributed by atoms with Crippen LogP contribution in [0.5, 0.6) is 0 Å². The molecule has 4 heteroatoms. The molecular weight excluding hydrogens is 146 g/mol. The maximum atomic E-state index is 10.4. The number of carboxylic acids is 1. The summed E-state index contributed by atoms with van der Waals surface area (Å²) >= 11 is 0. The molecule has 0 aliphatic carbocycles. The van der Waals surface area contributed by atoms with E-state index >= 15 is 0 Å². The molecule has 0 aromatic heterocycles. The molecule has 0 fully saturated rings. The molecule has 0 saturated carbocycles. The van der Waals surface area contributed by atoms with E-state index in [1.165, 1.54) is 0 Å². The molecule has 1 aliphatic heterocycles. The van der Waals surface area contributed by atoms with Crippen molar-refractivity contribution in [2.24, 2.45) is 11.1 Å². The second-order valence-electron chi connectivity index (χ2n) is 2.87. The maximum absolute atomic E-state index is 10.4. The standard InChI is InChI=1S/C7H11NO3/c1-4(2)5-3-6(7(9)10)11-8-5/h4,6H,3H2,1-2H3,(H,9,10). The summed E-state index contributed by atoms with van der Waals surface area (Å²) in [7, 11) is 0. The predicted octanol–water partition coefficient (Wildman–Crippen LogP) is 0.872. The third-order valence-corrected chi connectivity index (χ3v) is 1.63. The Balaban J connectivity index is 2.49. The third kappa shape index (κ3) is 1.69. The highest BCUT2D eigenvalue weighted by molar-refractivity contribution is 5.91. The van der Waals surface area contributed by atoms with Crippen LogP contribution in [0.1, 0.15) is 20.3 Å². The van der Waals surface area contributed by atoms with Crippen LogP contribution in [0.15, 0.2) is 5.16 Å². The number of hydrogen-bond acceptors (Lipinski definition) is 3. The second-order valence-corrected chi connectivity index (χ2v) is 2.87. The minimum atomic E-state index is -0.940. The van der Waals surface area contributed by atoms with Crippen molar-refractivity contribution in [3.8, 4) is 0 Å². The minimum absolute atomic E-state index is 0.277. The molecule has 0 spiro atoms. The first kappa shape index (κ1) is 8.04. The number of nitrogens with zero attached hydrogens (tertiary/aromatic N) is 1. The monoisotopic (exact) mass is 157 g/mol. The molecule has 0 radical (unpaired) electrons. The van der Waals surface area contributed by atoms with Crippen LogP contribution in [0.3, 0.4) is 0 Å². The van der Waals surface area contributed by atoms with Crippen LogP contribution in [0, 0.1) is 5.92 Å². The summed E-state index contributed by atoms with van der Waals surface area (Å²) in [6, 6.07) is 0. The number of carboxylic acid groups (broad SMARTS) is 1. The number of aliphatic carboxylic acids is 1. The van der Waals surface area contributed by atoms with E-state index in [0.29, 0.717) is 6.42 Å². The smallest absolute Gasteiger partial charge is 0.348 e. The van der Waals surface area contributed by atoms with Gasteiger partial charge in [0.15, 0.2) is 0 Å². The summed E-state index contributed by atoms with van der Waals surface area (Å²) < 4.78 is 0. The van der Waals surface area contributed by atoms with Gasteiger partial charge in [0.1, 0.15) is 0 Å². The van der Waals surface area contributed by atoms with Gasteiger partial charge in [-0.1, -0.05) is 19.0 Å². The zero-order valence-corrected chi connectivity index (χ0v) is 6.57. The van der Waals surface area contributed by atoms with Crippen LogP contribution in [0.25, 0.3) is 0 Å². The lowest BCUT2D eigenvalue weighted by Gasteiger charge is -2.01. The van der Waals surface area contributed by atoms with Gasteiger partial charge in [-0.05, 0) is 5.92 Å². The summed E-state index contributed by atoms with van der Waals surface area (Å²) in [5.41, 5.74) is 0.831. The third-order valence-electron chi connectivity index (χ3n) is 1.63. The highest BCUT2D eigenvalue weighted by Gasteiger charge is 2.28. The van der Waals surface area contributed by atoms with E-state index in [2.05, 4.69) is 9.99 Å². The number of oxime groups is 1. The van der Waals surface area contributed by atoms with E-state index in [1.54, 1.807) is 0 Å². The normalized spacial score (nSPS) is 23.2. The summed E-state index contributed by atoms with van der Waals surface area (Å²) in [5.74, 6) is -0.663. The fraction of sp³-hybridized carbons (Fsp3) is 0.714. The molecule has 0 saturated heterocycles.